The van der Waals surface area contributed by atoms with E-state index in [4.69, 9.17) is 4.74 Å². The van der Waals surface area contributed by atoms with Gasteiger partial charge in [-0.3, -0.25) is 0 Å². The van der Waals surface area contributed by atoms with E-state index in [-0.39, 0.29) is 0 Å². The second-order valence-corrected chi connectivity index (χ2v) is 7.16. The van der Waals surface area contributed by atoms with Gasteiger partial charge in [0, 0.05) is 6.04 Å². The monoisotopic (exact) mass is 287 g/mol. The third-order valence-corrected chi connectivity index (χ3v) is 5.79. The van der Waals surface area contributed by atoms with Gasteiger partial charge in [0.25, 0.3) is 0 Å². The van der Waals surface area contributed by atoms with Crippen molar-refractivity contribution in [2.24, 2.45) is 5.41 Å². The van der Waals surface area contributed by atoms with E-state index in [1.807, 2.05) is 0 Å². The Morgan fingerprint density at radius 2 is 2.00 bits per heavy atom. The molecular formula is C19H29NO. The molecule has 1 saturated carbocycles. The lowest BCUT2D eigenvalue weighted by atomic mass is 9.67. The third kappa shape index (κ3) is 3.11. The summed E-state index contributed by atoms with van der Waals surface area (Å²) in [7, 11) is 2.15. The summed E-state index contributed by atoms with van der Waals surface area (Å²) in [5.41, 5.74) is 1.89. The highest BCUT2D eigenvalue weighted by molar-refractivity contribution is 5.37. The fraction of sp³-hybridized carbons (Fsp3) is 0.684. The van der Waals surface area contributed by atoms with E-state index in [0.29, 0.717) is 17.4 Å². The average molecular weight is 287 g/mol. The first-order valence-corrected chi connectivity index (χ1v) is 8.62. The Labute approximate surface area is 129 Å². The molecule has 0 aromatic heterocycles. The van der Waals surface area contributed by atoms with Gasteiger partial charge in [-0.25, -0.2) is 0 Å². The molecule has 1 heterocycles. The van der Waals surface area contributed by atoms with E-state index >= 15 is 0 Å². The van der Waals surface area contributed by atoms with Gasteiger partial charge < -0.3 is 10.1 Å². The van der Waals surface area contributed by atoms with Crippen LogP contribution in [0.4, 0.5) is 0 Å². The van der Waals surface area contributed by atoms with Crippen LogP contribution in [0.5, 0.6) is 5.75 Å². The van der Waals surface area contributed by atoms with E-state index < -0.39 is 0 Å². The van der Waals surface area contributed by atoms with Crippen LogP contribution in [0.2, 0.25) is 0 Å². The lowest BCUT2D eigenvalue weighted by molar-refractivity contribution is 0.131. The van der Waals surface area contributed by atoms with Crippen molar-refractivity contribution < 1.29 is 4.74 Å². The molecule has 2 aliphatic rings. The van der Waals surface area contributed by atoms with Crippen LogP contribution in [-0.2, 0) is 0 Å². The number of nitrogens with one attached hydrogen (secondary N) is 1. The van der Waals surface area contributed by atoms with Gasteiger partial charge in [0.15, 0.2) is 0 Å². The van der Waals surface area contributed by atoms with E-state index in [9.17, 15) is 0 Å². The Balaban J connectivity index is 1.76. The average Bonchev–Trinajstić information content (AvgIpc) is 2.53. The van der Waals surface area contributed by atoms with E-state index in [1.165, 1.54) is 44.1 Å². The largest absolute Gasteiger partial charge is 0.493 e. The van der Waals surface area contributed by atoms with Crippen LogP contribution < -0.4 is 10.1 Å². The topological polar surface area (TPSA) is 21.3 Å². The molecule has 1 N–H and O–H groups in total. The highest BCUT2D eigenvalue weighted by atomic mass is 16.5. The van der Waals surface area contributed by atoms with Crippen molar-refractivity contribution in [3.63, 3.8) is 0 Å². The van der Waals surface area contributed by atoms with Crippen molar-refractivity contribution >= 4 is 0 Å². The molecule has 1 aliphatic heterocycles. The molecule has 1 aliphatic carbocycles. The molecule has 0 spiro atoms. The molecular weight excluding hydrogens is 258 g/mol. The van der Waals surface area contributed by atoms with Crippen LogP contribution in [0.3, 0.4) is 0 Å². The molecule has 2 atom stereocenters. The molecule has 2 unspecified atom stereocenters. The predicted octanol–water partition coefficient (Wildman–Crippen LogP) is 4.50. The molecule has 3 rings (SSSR count). The number of rotatable bonds is 4. The molecule has 0 saturated heterocycles. The van der Waals surface area contributed by atoms with Gasteiger partial charge in [-0.2, -0.15) is 0 Å². The van der Waals surface area contributed by atoms with Crippen LogP contribution in [0.15, 0.2) is 24.3 Å². The standard InChI is InChI=1S/C19H29NO/c1-19(11-6-3-7-12-19)18(20-2)14-15-10-13-21-17-9-5-4-8-16(15)17/h4-5,8-9,15,18,20H,3,6-7,10-14H2,1-2H3. The molecule has 0 radical (unpaired) electrons. The number of ether oxygens (including phenoxy) is 1. The smallest absolute Gasteiger partial charge is 0.122 e. The van der Waals surface area contributed by atoms with Crippen LogP contribution in [0, 0.1) is 5.41 Å². The summed E-state index contributed by atoms with van der Waals surface area (Å²) in [6.07, 6.45) is 9.38. The molecule has 1 aromatic rings. The Morgan fingerprint density at radius 3 is 2.76 bits per heavy atom. The maximum Gasteiger partial charge on any atom is 0.122 e. The molecule has 2 nitrogen and oxygen atoms in total. The summed E-state index contributed by atoms with van der Waals surface area (Å²) in [6.45, 7) is 3.37. The number of hydrogen-bond acceptors (Lipinski definition) is 2. The fourth-order valence-electron chi connectivity index (χ4n) is 4.40. The zero-order valence-corrected chi connectivity index (χ0v) is 13.5. The minimum atomic E-state index is 0.472. The van der Waals surface area contributed by atoms with Crippen LogP contribution in [0.1, 0.15) is 63.4 Å². The maximum atomic E-state index is 5.82. The molecule has 1 fully saturated rings. The van der Waals surface area contributed by atoms with Crippen molar-refractivity contribution in [2.75, 3.05) is 13.7 Å². The normalized spacial score (nSPS) is 25.7. The summed E-state index contributed by atoms with van der Waals surface area (Å²) in [6, 6.07) is 9.23. The molecule has 1 aromatic carbocycles. The summed E-state index contributed by atoms with van der Waals surface area (Å²) < 4.78 is 5.82. The second-order valence-electron chi connectivity index (χ2n) is 7.16. The minimum absolute atomic E-state index is 0.472. The minimum Gasteiger partial charge on any atom is -0.493 e. The second kappa shape index (κ2) is 6.39. The molecule has 116 valence electrons. The van der Waals surface area contributed by atoms with Gasteiger partial charge in [-0.15, -0.1) is 0 Å². The van der Waals surface area contributed by atoms with Crippen LogP contribution in [-0.4, -0.2) is 19.7 Å². The van der Waals surface area contributed by atoms with E-state index in [1.54, 1.807) is 0 Å². The zero-order valence-electron chi connectivity index (χ0n) is 13.5. The number of hydrogen-bond donors (Lipinski definition) is 1. The van der Waals surface area contributed by atoms with Gasteiger partial charge in [0.1, 0.15) is 5.75 Å². The first-order chi connectivity index (χ1) is 10.2. The number of fused-ring (bicyclic) bond motifs is 1. The van der Waals surface area contributed by atoms with Gasteiger partial charge in [0.2, 0.25) is 0 Å². The van der Waals surface area contributed by atoms with Crippen molar-refractivity contribution in [1.29, 1.82) is 0 Å². The quantitative estimate of drug-likeness (QED) is 0.880. The lowest BCUT2D eigenvalue weighted by Crippen LogP contribution is -2.44. The predicted molar refractivity (Wildman–Crippen MR) is 88.0 cm³/mol. The first kappa shape index (κ1) is 14.9. The number of para-hydroxylation sites is 1. The number of benzene rings is 1. The summed E-state index contributed by atoms with van der Waals surface area (Å²) >= 11 is 0. The maximum absolute atomic E-state index is 5.82. The Kier molecular flexibility index (Phi) is 4.54. The van der Waals surface area contributed by atoms with Crippen LogP contribution >= 0.6 is 0 Å². The van der Waals surface area contributed by atoms with Crippen LogP contribution in [0.25, 0.3) is 0 Å². The molecule has 21 heavy (non-hydrogen) atoms. The van der Waals surface area contributed by atoms with Crippen molar-refractivity contribution in [3.8, 4) is 5.75 Å². The Hall–Kier alpha value is -1.02. The summed E-state index contributed by atoms with van der Waals surface area (Å²) in [5, 5.41) is 3.65. The summed E-state index contributed by atoms with van der Waals surface area (Å²) in [5.74, 6) is 1.75. The van der Waals surface area contributed by atoms with Gasteiger partial charge in [-0.05, 0) is 55.7 Å². The van der Waals surface area contributed by atoms with Crippen molar-refractivity contribution in [1.82, 2.24) is 5.32 Å². The first-order valence-electron chi connectivity index (χ1n) is 8.62. The Bertz CT molecular complexity index is 464. The molecule has 0 amide bonds. The third-order valence-electron chi connectivity index (χ3n) is 5.79. The molecule has 2 heteroatoms. The zero-order chi connectivity index (χ0) is 14.7. The van der Waals surface area contributed by atoms with Gasteiger partial charge >= 0.3 is 0 Å². The van der Waals surface area contributed by atoms with Gasteiger partial charge in [-0.1, -0.05) is 44.4 Å². The van der Waals surface area contributed by atoms with Crippen molar-refractivity contribution in [3.05, 3.63) is 29.8 Å². The Morgan fingerprint density at radius 1 is 1.24 bits per heavy atom. The van der Waals surface area contributed by atoms with E-state index in [0.717, 1.165) is 18.8 Å². The highest BCUT2D eigenvalue weighted by Gasteiger charge is 2.36. The lowest BCUT2D eigenvalue weighted by Gasteiger charge is -2.43. The van der Waals surface area contributed by atoms with Crippen molar-refractivity contribution in [2.45, 2.75) is 63.8 Å². The fourth-order valence-corrected chi connectivity index (χ4v) is 4.40. The van der Waals surface area contributed by atoms with E-state index in [2.05, 4.69) is 43.6 Å². The SMILES string of the molecule is CNC(CC1CCOc2ccccc21)C1(C)CCCCC1. The highest BCUT2D eigenvalue weighted by Crippen LogP contribution is 2.44. The summed E-state index contributed by atoms with van der Waals surface area (Å²) in [4.78, 5) is 0. The van der Waals surface area contributed by atoms with Gasteiger partial charge in [0.05, 0.1) is 6.61 Å². The molecule has 0 bridgehead atoms.